The number of nitrogens with one attached hydrogen (secondary N) is 1. The van der Waals surface area contributed by atoms with E-state index in [9.17, 15) is 4.79 Å². The summed E-state index contributed by atoms with van der Waals surface area (Å²) in [5.74, 6) is 1.73. The van der Waals surface area contributed by atoms with Crippen molar-refractivity contribution in [3.8, 4) is 22.8 Å². The molecule has 5 heteroatoms. The smallest absolute Gasteiger partial charge is 0.252 e. The van der Waals surface area contributed by atoms with Crippen LogP contribution < -0.4 is 14.8 Å². The molecule has 0 radical (unpaired) electrons. The first-order valence-electron chi connectivity index (χ1n) is 8.70. The maximum Gasteiger partial charge on any atom is 0.252 e. The van der Waals surface area contributed by atoms with E-state index in [0.717, 1.165) is 27.9 Å². The molecule has 1 aliphatic heterocycles. The molecule has 1 aliphatic rings. The summed E-state index contributed by atoms with van der Waals surface area (Å²) in [6, 6.07) is 15.2. The van der Waals surface area contributed by atoms with Crippen LogP contribution in [0.3, 0.4) is 0 Å². The molecule has 2 aromatic carbocycles. The minimum atomic E-state index is -0.0840. The molecule has 5 nitrogen and oxygen atoms in total. The Labute approximate surface area is 152 Å². The van der Waals surface area contributed by atoms with Gasteiger partial charge in [0, 0.05) is 17.5 Å². The molecule has 0 unspecified atom stereocenters. The second-order valence-electron chi connectivity index (χ2n) is 6.74. The highest BCUT2D eigenvalue weighted by atomic mass is 16.7. The highest BCUT2D eigenvalue weighted by Crippen LogP contribution is 2.36. The van der Waals surface area contributed by atoms with Gasteiger partial charge in [-0.3, -0.25) is 4.79 Å². The first-order chi connectivity index (χ1) is 12.6. The number of aromatic nitrogens is 1. The summed E-state index contributed by atoms with van der Waals surface area (Å²) in [5, 5.41) is 3.85. The molecule has 1 amide bonds. The Morgan fingerprint density at radius 3 is 2.77 bits per heavy atom. The molecule has 1 N–H and O–H groups in total. The van der Waals surface area contributed by atoms with Gasteiger partial charge in [-0.15, -0.1) is 0 Å². The third-order valence-corrected chi connectivity index (χ3v) is 4.30. The van der Waals surface area contributed by atoms with Crippen LogP contribution in [-0.2, 0) is 0 Å². The third kappa shape index (κ3) is 3.08. The standard InChI is InChI=1S/C21H20N2O3/c1-13(2)11-22-21(24)16-10-18(23-17-6-4-3-5-15(16)17)14-7-8-19-20(9-14)26-12-25-19/h3-10,13H,11-12H2,1-2H3,(H,22,24). The summed E-state index contributed by atoms with van der Waals surface area (Å²) < 4.78 is 10.8. The predicted octanol–water partition coefficient (Wildman–Crippen LogP) is 4.02. The molecule has 0 bridgehead atoms. The minimum absolute atomic E-state index is 0.0840. The fourth-order valence-electron chi connectivity index (χ4n) is 2.96. The van der Waals surface area contributed by atoms with E-state index in [1.807, 2.05) is 48.5 Å². The van der Waals surface area contributed by atoms with Gasteiger partial charge in [0.2, 0.25) is 6.79 Å². The van der Waals surface area contributed by atoms with E-state index >= 15 is 0 Å². The Balaban J connectivity index is 1.80. The quantitative estimate of drug-likeness (QED) is 0.774. The van der Waals surface area contributed by atoms with Gasteiger partial charge in [0.25, 0.3) is 5.91 Å². The molecule has 2 heterocycles. The first-order valence-corrected chi connectivity index (χ1v) is 8.70. The van der Waals surface area contributed by atoms with Crippen LogP contribution in [0.15, 0.2) is 48.5 Å². The molecule has 26 heavy (non-hydrogen) atoms. The lowest BCUT2D eigenvalue weighted by Gasteiger charge is -2.12. The van der Waals surface area contributed by atoms with Gasteiger partial charge in [-0.05, 0) is 36.2 Å². The Morgan fingerprint density at radius 1 is 1.12 bits per heavy atom. The number of benzene rings is 2. The number of nitrogens with zero attached hydrogens (tertiary/aromatic N) is 1. The summed E-state index contributed by atoms with van der Waals surface area (Å²) in [4.78, 5) is 17.5. The SMILES string of the molecule is CC(C)CNC(=O)c1cc(-c2ccc3c(c2)OCO3)nc2ccccc12. The van der Waals surface area contributed by atoms with Gasteiger partial charge < -0.3 is 14.8 Å². The van der Waals surface area contributed by atoms with E-state index in [1.165, 1.54) is 0 Å². The van der Waals surface area contributed by atoms with Crippen molar-refractivity contribution in [3.05, 3.63) is 54.1 Å². The summed E-state index contributed by atoms with van der Waals surface area (Å²) in [7, 11) is 0. The molecule has 132 valence electrons. The molecule has 1 aromatic heterocycles. The van der Waals surface area contributed by atoms with E-state index in [1.54, 1.807) is 0 Å². The number of hydrogen-bond donors (Lipinski definition) is 1. The van der Waals surface area contributed by atoms with Gasteiger partial charge in [0.05, 0.1) is 16.8 Å². The highest BCUT2D eigenvalue weighted by molar-refractivity contribution is 6.07. The third-order valence-electron chi connectivity index (χ3n) is 4.30. The topological polar surface area (TPSA) is 60.5 Å². The van der Waals surface area contributed by atoms with Crippen LogP contribution in [0.2, 0.25) is 0 Å². The van der Waals surface area contributed by atoms with E-state index in [-0.39, 0.29) is 12.7 Å². The van der Waals surface area contributed by atoms with Gasteiger partial charge in [0.1, 0.15) is 0 Å². The van der Waals surface area contributed by atoms with Crippen molar-refractivity contribution in [1.29, 1.82) is 0 Å². The number of rotatable bonds is 4. The van der Waals surface area contributed by atoms with Gasteiger partial charge in [0.15, 0.2) is 11.5 Å². The lowest BCUT2D eigenvalue weighted by molar-refractivity contribution is 0.0950. The van der Waals surface area contributed by atoms with Crippen molar-refractivity contribution >= 4 is 16.8 Å². The summed E-state index contributed by atoms with van der Waals surface area (Å²) in [6.45, 7) is 5.01. The van der Waals surface area contributed by atoms with E-state index in [0.29, 0.717) is 23.8 Å². The zero-order valence-electron chi connectivity index (χ0n) is 14.8. The Kier molecular flexibility index (Phi) is 4.21. The monoisotopic (exact) mass is 348 g/mol. The normalized spacial score (nSPS) is 12.6. The summed E-state index contributed by atoms with van der Waals surface area (Å²) in [6.07, 6.45) is 0. The zero-order chi connectivity index (χ0) is 18.1. The molecule has 3 aromatic rings. The van der Waals surface area contributed by atoms with Crippen LogP contribution in [0.5, 0.6) is 11.5 Å². The van der Waals surface area contributed by atoms with E-state index < -0.39 is 0 Å². The van der Waals surface area contributed by atoms with Crippen LogP contribution in [0.1, 0.15) is 24.2 Å². The molecule has 0 spiro atoms. The highest BCUT2D eigenvalue weighted by Gasteiger charge is 2.17. The lowest BCUT2D eigenvalue weighted by Crippen LogP contribution is -2.27. The number of fused-ring (bicyclic) bond motifs is 2. The van der Waals surface area contributed by atoms with Crippen molar-refractivity contribution in [2.24, 2.45) is 5.92 Å². The molecule has 0 saturated carbocycles. The van der Waals surface area contributed by atoms with Crippen LogP contribution >= 0.6 is 0 Å². The van der Waals surface area contributed by atoms with Gasteiger partial charge in [-0.1, -0.05) is 32.0 Å². The number of carbonyl (C=O) groups excluding carboxylic acids is 1. The Morgan fingerprint density at radius 2 is 1.92 bits per heavy atom. The number of carbonyl (C=O) groups is 1. The lowest BCUT2D eigenvalue weighted by atomic mass is 10.0. The number of hydrogen-bond acceptors (Lipinski definition) is 4. The van der Waals surface area contributed by atoms with Crippen molar-refractivity contribution in [3.63, 3.8) is 0 Å². The molecule has 0 aliphatic carbocycles. The van der Waals surface area contributed by atoms with Gasteiger partial charge in [-0.2, -0.15) is 0 Å². The predicted molar refractivity (Wildman–Crippen MR) is 100 cm³/mol. The molecule has 0 fully saturated rings. The van der Waals surface area contributed by atoms with E-state index in [4.69, 9.17) is 14.5 Å². The average molecular weight is 348 g/mol. The second-order valence-corrected chi connectivity index (χ2v) is 6.74. The fourth-order valence-corrected chi connectivity index (χ4v) is 2.96. The maximum atomic E-state index is 12.8. The molecule has 0 saturated heterocycles. The first kappa shape index (κ1) is 16.4. The number of para-hydroxylation sites is 1. The Bertz CT molecular complexity index is 982. The van der Waals surface area contributed by atoms with Crippen LogP contribution in [0.4, 0.5) is 0 Å². The fraction of sp³-hybridized carbons (Fsp3) is 0.238. The average Bonchev–Trinajstić information content (AvgIpc) is 3.13. The molecule has 0 atom stereocenters. The van der Waals surface area contributed by atoms with Crippen LogP contribution in [0.25, 0.3) is 22.2 Å². The van der Waals surface area contributed by atoms with Gasteiger partial charge >= 0.3 is 0 Å². The number of ether oxygens (including phenoxy) is 2. The van der Waals surface area contributed by atoms with Crippen molar-refractivity contribution in [2.45, 2.75) is 13.8 Å². The molecular formula is C21H20N2O3. The minimum Gasteiger partial charge on any atom is -0.454 e. The maximum absolute atomic E-state index is 12.8. The van der Waals surface area contributed by atoms with Crippen LogP contribution in [0, 0.1) is 5.92 Å². The number of pyridine rings is 1. The number of amides is 1. The van der Waals surface area contributed by atoms with Crippen molar-refractivity contribution < 1.29 is 14.3 Å². The van der Waals surface area contributed by atoms with Crippen molar-refractivity contribution in [2.75, 3.05) is 13.3 Å². The molecule has 4 rings (SSSR count). The van der Waals surface area contributed by atoms with Gasteiger partial charge in [-0.25, -0.2) is 4.98 Å². The summed E-state index contributed by atoms with van der Waals surface area (Å²) in [5.41, 5.74) is 3.04. The van der Waals surface area contributed by atoms with Crippen molar-refractivity contribution in [1.82, 2.24) is 10.3 Å². The second kappa shape index (κ2) is 6.67. The zero-order valence-corrected chi connectivity index (χ0v) is 14.8. The largest absolute Gasteiger partial charge is 0.454 e. The molecular weight excluding hydrogens is 328 g/mol. The Hall–Kier alpha value is -3.08. The summed E-state index contributed by atoms with van der Waals surface area (Å²) >= 11 is 0. The van der Waals surface area contributed by atoms with E-state index in [2.05, 4.69) is 19.2 Å². The van der Waals surface area contributed by atoms with Crippen LogP contribution in [-0.4, -0.2) is 24.2 Å².